The van der Waals surface area contributed by atoms with Crippen LogP contribution in [0.15, 0.2) is 18.2 Å². The molecule has 7 heteroatoms. The summed E-state index contributed by atoms with van der Waals surface area (Å²) in [5.41, 5.74) is -0.168. The van der Waals surface area contributed by atoms with Crippen LogP contribution in [0, 0.1) is 11.7 Å². The first-order valence-electron chi connectivity index (χ1n) is 6.13. The van der Waals surface area contributed by atoms with Crippen molar-refractivity contribution >= 4 is 27.3 Å². The van der Waals surface area contributed by atoms with Gasteiger partial charge < -0.3 is 5.32 Å². The standard InChI is InChI=1S/C12H16ClFN2O2S/c13-10-2-1-3-11(14)12(10)16-19(17,18)8-9-4-6-15-7-5-9/h1-3,9,15-16H,4-8H2. The second-order valence-electron chi connectivity index (χ2n) is 4.67. The van der Waals surface area contributed by atoms with Crippen molar-refractivity contribution in [2.24, 2.45) is 5.92 Å². The Hall–Kier alpha value is -0.850. The molecule has 0 radical (unpaired) electrons. The Morgan fingerprint density at radius 1 is 1.37 bits per heavy atom. The molecule has 1 fully saturated rings. The summed E-state index contributed by atoms with van der Waals surface area (Å²) in [6, 6.07) is 4.06. The molecule has 1 heterocycles. The van der Waals surface area contributed by atoms with Gasteiger partial charge in [0.25, 0.3) is 0 Å². The Balaban J connectivity index is 2.08. The molecule has 0 unspecified atom stereocenters. The first-order valence-corrected chi connectivity index (χ1v) is 8.16. The van der Waals surface area contributed by atoms with Gasteiger partial charge in [0.1, 0.15) is 11.5 Å². The first kappa shape index (κ1) is 14.6. The van der Waals surface area contributed by atoms with Gasteiger partial charge in [-0.1, -0.05) is 17.7 Å². The topological polar surface area (TPSA) is 58.2 Å². The predicted molar refractivity (Wildman–Crippen MR) is 74.4 cm³/mol. The number of rotatable bonds is 4. The number of piperidine rings is 1. The van der Waals surface area contributed by atoms with Crippen molar-refractivity contribution in [2.75, 3.05) is 23.6 Å². The fraction of sp³-hybridized carbons (Fsp3) is 0.500. The van der Waals surface area contributed by atoms with Gasteiger partial charge in [-0.25, -0.2) is 12.8 Å². The van der Waals surface area contributed by atoms with E-state index in [0.29, 0.717) is 0 Å². The Kier molecular flexibility index (Phi) is 4.65. The lowest BCUT2D eigenvalue weighted by molar-refractivity contribution is 0.402. The van der Waals surface area contributed by atoms with Crippen molar-refractivity contribution in [1.29, 1.82) is 0 Å². The second-order valence-corrected chi connectivity index (χ2v) is 6.85. The van der Waals surface area contributed by atoms with E-state index in [1.54, 1.807) is 0 Å². The highest BCUT2D eigenvalue weighted by Gasteiger charge is 2.22. The van der Waals surface area contributed by atoms with Gasteiger partial charge in [0, 0.05) is 0 Å². The smallest absolute Gasteiger partial charge is 0.233 e. The first-order chi connectivity index (χ1) is 8.98. The molecule has 0 aliphatic carbocycles. The van der Waals surface area contributed by atoms with Crippen LogP contribution in [0.5, 0.6) is 0 Å². The van der Waals surface area contributed by atoms with Crippen LogP contribution in [-0.2, 0) is 10.0 Å². The summed E-state index contributed by atoms with van der Waals surface area (Å²) in [6.45, 7) is 1.64. The van der Waals surface area contributed by atoms with Crippen LogP contribution in [0.1, 0.15) is 12.8 Å². The molecule has 0 spiro atoms. The van der Waals surface area contributed by atoms with Crippen LogP contribution in [0.2, 0.25) is 5.02 Å². The number of hydrogen-bond acceptors (Lipinski definition) is 3. The molecule has 2 rings (SSSR count). The summed E-state index contributed by atoms with van der Waals surface area (Å²) in [5.74, 6) is -0.565. The normalized spacial score (nSPS) is 17.4. The molecular formula is C12H16ClFN2O2S. The Bertz CT molecular complexity index is 524. The van der Waals surface area contributed by atoms with Gasteiger partial charge in [-0.15, -0.1) is 0 Å². The van der Waals surface area contributed by atoms with Gasteiger partial charge in [-0.3, -0.25) is 4.72 Å². The maximum absolute atomic E-state index is 13.5. The molecule has 1 aromatic rings. The molecule has 4 nitrogen and oxygen atoms in total. The van der Waals surface area contributed by atoms with E-state index in [2.05, 4.69) is 10.0 Å². The van der Waals surface area contributed by atoms with Gasteiger partial charge in [0.15, 0.2) is 0 Å². The number of benzene rings is 1. The van der Waals surface area contributed by atoms with Gasteiger partial charge >= 0.3 is 0 Å². The second kappa shape index (κ2) is 6.07. The molecule has 106 valence electrons. The maximum Gasteiger partial charge on any atom is 0.233 e. The molecule has 1 aliphatic heterocycles. The van der Waals surface area contributed by atoms with E-state index in [9.17, 15) is 12.8 Å². The van der Waals surface area contributed by atoms with Gasteiger partial charge in [-0.05, 0) is 44.0 Å². The third-order valence-electron chi connectivity index (χ3n) is 3.13. The zero-order chi connectivity index (χ0) is 13.9. The van der Waals surface area contributed by atoms with E-state index in [1.807, 2.05) is 0 Å². The molecule has 1 aliphatic rings. The zero-order valence-electron chi connectivity index (χ0n) is 10.3. The summed E-state index contributed by atoms with van der Waals surface area (Å²) in [6.07, 6.45) is 1.62. The number of nitrogens with one attached hydrogen (secondary N) is 2. The lowest BCUT2D eigenvalue weighted by atomic mass is 10.0. The van der Waals surface area contributed by atoms with Gasteiger partial charge in [0.05, 0.1) is 10.8 Å². The minimum atomic E-state index is -3.58. The molecule has 19 heavy (non-hydrogen) atoms. The molecule has 1 aromatic carbocycles. The van der Waals surface area contributed by atoms with E-state index in [-0.39, 0.29) is 22.4 Å². The molecule has 0 aromatic heterocycles. The summed E-state index contributed by atoms with van der Waals surface area (Å²) in [7, 11) is -3.58. The predicted octanol–water partition coefficient (Wildman–Crippen LogP) is 2.22. The Morgan fingerprint density at radius 3 is 2.68 bits per heavy atom. The van der Waals surface area contributed by atoms with Crippen LogP contribution in [0.25, 0.3) is 0 Å². The van der Waals surface area contributed by atoms with Crippen LogP contribution in [0.4, 0.5) is 10.1 Å². The van der Waals surface area contributed by atoms with Crippen LogP contribution in [0.3, 0.4) is 0 Å². The number of halogens is 2. The SMILES string of the molecule is O=S(=O)(CC1CCNCC1)Nc1c(F)cccc1Cl. The van der Waals surface area contributed by atoms with E-state index in [0.717, 1.165) is 25.9 Å². The summed E-state index contributed by atoms with van der Waals surface area (Å²) >= 11 is 5.80. The lowest BCUT2D eigenvalue weighted by Gasteiger charge is -2.22. The van der Waals surface area contributed by atoms with Crippen molar-refractivity contribution < 1.29 is 12.8 Å². The van der Waals surface area contributed by atoms with E-state index in [4.69, 9.17) is 11.6 Å². The molecule has 1 saturated heterocycles. The number of sulfonamides is 1. The monoisotopic (exact) mass is 306 g/mol. The van der Waals surface area contributed by atoms with Crippen molar-refractivity contribution in [3.05, 3.63) is 29.0 Å². The summed E-state index contributed by atoms with van der Waals surface area (Å²) < 4.78 is 39.8. The minimum Gasteiger partial charge on any atom is -0.317 e. The Morgan fingerprint density at radius 2 is 2.05 bits per heavy atom. The van der Waals surface area contributed by atoms with Crippen molar-refractivity contribution in [2.45, 2.75) is 12.8 Å². The molecular weight excluding hydrogens is 291 g/mol. The van der Waals surface area contributed by atoms with Crippen LogP contribution in [-0.4, -0.2) is 27.3 Å². The third-order valence-corrected chi connectivity index (χ3v) is 4.87. The quantitative estimate of drug-likeness (QED) is 0.897. The van der Waals surface area contributed by atoms with Crippen LogP contribution < -0.4 is 10.0 Å². The average molecular weight is 307 g/mol. The highest BCUT2D eigenvalue weighted by molar-refractivity contribution is 7.92. The third kappa shape index (κ3) is 4.06. The van der Waals surface area contributed by atoms with Crippen LogP contribution >= 0.6 is 11.6 Å². The highest BCUT2D eigenvalue weighted by Crippen LogP contribution is 2.26. The summed E-state index contributed by atoms with van der Waals surface area (Å²) in [4.78, 5) is 0. The fourth-order valence-electron chi connectivity index (χ4n) is 2.15. The maximum atomic E-state index is 13.5. The largest absolute Gasteiger partial charge is 0.317 e. The van der Waals surface area contributed by atoms with Crippen molar-refractivity contribution in [3.63, 3.8) is 0 Å². The van der Waals surface area contributed by atoms with Crippen molar-refractivity contribution in [3.8, 4) is 0 Å². The highest BCUT2D eigenvalue weighted by atomic mass is 35.5. The van der Waals surface area contributed by atoms with Crippen molar-refractivity contribution in [1.82, 2.24) is 5.32 Å². The molecule has 0 bridgehead atoms. The van der Waals surface area contributed by atoms with E-state index >= 15 is 0 Å². The molecule has 0 saturated carbocycles. The lowest BCUT2D eigenvalue weighted by Crippen LogP contribution is -2.33. The fourth-order valence-corrected chi connectivity index (χ4v) is 3.97. The van der Waals surface area contributed by atoms with Gasteiger partial charge in [0.2, 0.25) is 10.0 Å². The Labute approximate surface area is 117 Å². The number of anilines is 1. The number of hydrogen-bond donors (Lipinski definition) is 2. The molecule has 2 N–H and O–H groups in total. The zero-order valence-corrected chi connectivity index (χ0v) is 11.9. The average Bonchev–Trinajstić information content (AvgIpc) is 2.35. The van der Waals surface area contributed by atoms with E-state index in [1.165, 1.54) is 18.2 Å². The minimum absolute atomic E-state index is 0.000652. The van der Waals surface area contributed by atoms with E-state index < -0.39 is 15.8 Å². The molecule has 0 amide bonds. The molecule has 0 atom stereocenters. The summed E-state index contributed by atoms with van der Waals surface area (Å²) in [5, 5.41) is 3.24. The number of para-hydroxylation sites is 1. The van der Waals surface area contributed by atoms with Gasteiger partial charge in [-0.2, -0.15) is 0 Å².